The number of anilines is 1. The third-order valence-electron chi connectivity index (χ3n) is 7.74. The smallest absolute Gasteiger partial charge is 0.338 e. The van der Waals surface area contributed by atoms with E-state index in [1.54, 1.807) is 11.8 Å². The molecule has 1 aromatic heterocycles. The number of rotatable bonds is 9. The topological polar surface area (TPSA) is 90.2 Å². The van der Waals surface area contributed by atoms with E-state index in [1.165, 1.54) is 15.9 Å². The van der Waals surface area contributed by atoms with Crippen LogP contribution in [0.1, 0.15) is 56.3 Å². The van der Waals surface area contributed by atoms with Crippen LogP contribution in [0.4, 0.5) is 5.69 Å². The standard InChI is InChI=1S/C35H33N3O5S/c1-4-7-21-37-26-16-12-11-15-25(26)27(32(37)39)31-33(40)38-30(23-17-19-24(20-18-23)42-5-2)28(34(41)43-6-3)29(36-35(38)44-31)22-13-9-8-10-14-22/h8-20,30H,4-7,21H2,1-3H3/b31-27-/t30-/m0/s1. The van der Waals surface area contributed by atoms with Crippen molar-refractivity contribution in [2.24, 2.45) is 4.99 Å². The van der Waals surface area contributed by atoms with Crippen LogP contribution in [0.5, 0.6) is 5.75 Å². The van der Waals surface area contributed by atoms with E-state index in [1.807, 2.05) is 85.8 Å². The molecule has 0 bridgehead atoms. The van der Waals surface area contributed by atoms with Crippen molar-refractivity contribution in [1.82, 2.24) is 4.57 Å². The first-order valence-electron chi connectivity index (χ1n) is 14.9. The van der Waals surface area contributed by atoms with Gasteiger partial charge < -0.3 is 14.4 Å². The molecule has 3 heterocycles. The van der Waals surface area contributed by atoms with Gasteiger partial charge >= 0.3 is 5.97 Å². The normalized spacial score (nSPS) is 16.8. The number of para-hydroxylation sites is 1. The van der Waals surface area contributed by atoms with Crippen LogP contribution in [0.2, 0.25) is 0 Å². The Bertz CT molecular complexity index is 1940. The number of aromatic nitrogens is 1. The number of thiazole rings is 1. The summed E-state index contributed by atoms with van der Waals surface area (Å²) in [7, 11) is 0. The third kappa shape index (κ3) is 5.07. The van der Waals surface area contributed by atoms with E-state index >= 15 is 0 Å². The Labute approximate surface area is 259 Å². The van der Waals surface area contributed by atoms with E-state index < -0.39 is 12.0 Å². The van der Waals surface area contributed by atoms with Crippen molar-refractivity contribution in [2.45, 2.75) is 39.7 Å². The van der Waals surface area contributed by atoms with Crippen molar-refractivity contribution < 1.29 is 19.1 Å². The van der Waals surface area contributed by atoms with E-state index in [2.05, 4.69) is 6.92 Å². The SMILES string of the molecule is CCCCN1C(=O)/C(=c2\sc3n(c2=O)[C@@H](c2ccc(OCC)cc2)C(C(=O)OCC)=C(c2ccccc2)N=3)c2ccccc21. The maximum Gasteiger partial charge on any atom is 0.338 e. The number of amides is 1. The van der Waals surface area contributed by atoms with Crippen LogP contribution in [-0.2, 0) is 14.3 Å². The highest BCUT2D eigenvalue weighted by Crippen LogP contribution is 2.37. The van der Waals surface area contributed by atoms with Crippen LogP contribution in [-0.4, -0.2) is 36.2 Å². The van der Waals surface area contributed by atoms with Gasteiger partial charge in [-0.15, -0.1) is 0 Å². The summed E-state index contributed by atoms with van der Waals surface area (Å²) in [6, 6.07) is 23.5. The van der Waals surface area contributed by atoms with Gasteiger partial charge in [-0.2, -0.15) is 0 Å². The van der Waals surface area contributed by atoms with Gasteiger partial charge in [0.05, 0.1) is 41.8 Å². The van der Waals surface area contributed by atoms with Crippen LogP contribution >= 0.6 is 11.3 Å². The molecule has 1 atom stereocenters. The summed E-state index contributed by atoms with van der Waals surface area (Å²) >= 11 is 1.18. The van der Waals surface area contributed by atoms with Gasteiger partial charge in [-0.1, -0.05) is 85.3 Å². The first-order chi connectivity index (χ1) is 21.5. The predicted molar refractivity (Wildman–Crippen MR) is 171 cm³/mol. The Morgan fingerprint density at radius 3 is 2.34 bits per heavy atom. The first-order valence-corrected chi connectivity index (χ1v) is 15.7. The largest absolute Gasteiger partial charge is 0.494 e. The maximum absolute atomic E-state index is 14.5. The fraction of sp³-hybridized carbons (Fsp3) is 0.257. The average Bonchev–Trinajstić information content (AvgIpc) is 3.52. The summed E-state index contributed by atoms with van der Waals surface area (Å²) in [6.07, 6.45) is 1.78. The molecule has 4 aromatic rings. The van der Waals surface area contributed by atoms with Crippen LogP contribution in [0.25, 0.3) is 11.3 Å². The molecule has 0 spiro atoms. The third-order valence-corrected chi connectivity index (χ3v) is 8.80. The highest BCUT2D eigenvalue weighted by Gasteiger charge is 2.38. The fourth-order valence-corrected chi connectivity index (χ4v) is 6.85. The van der Waals surface area contributed by atoms with Crippen molar-refractivity contribution in [3.05, 3.63) is 121 Å². The number of fused-ring (bicyclic) bond motifs is 2. The molecule has 0 aliphatic carbocycles. The molecule has 1 amide bonds. The van der Waals surface area contributed by atoms with Gasteiger partial charge in [0.2, 0.25) is 0 Å². The average molecular weight is 608 g/mol. The van der Waals surface area contributed by atoms with Crippen molar-refractivity contribution in [3.63, 3.8) is 0 Å². The van der Waals surface area contributed by atoms with Crippen molar-refractivity contribution >= 4 is 40.2 Å². The lowest BCUT2D eigenvalue weighted by molar-refractivity contribution is -0.138. The van der Waals surface area contributed by atoms with Crippen molar-refractivity contribution in [1.29, 1.82) is 0 Å². The Morgan fingerprint density at radius 2 is 1.64 bits per heavy atom. The van der Waals surface area contributed by atoms with Crippen LogP contribution in [0, 0.1) is 0 Å². The summed E-state index contributed by atoms with van der Waals surface area (Å²) in [5.41, 5.74) is 3.63. The number of ether oxygens (including phenoxy) is 2. The van der Waals surface area contributed by atoms with Crippen LogP contribution in [0.3, 0.4) is 0 Å². The molecule has 0 fully saturated rings. The minimum atomic E-state index is -0.839. The summed E-state index contributed by atoms with van der Waals surface area (Å²) < 4.78 is 13.1. The summed E-state index contributed by atoms with van der Waals surface area (Å²) in [4.78, 5) is 49.3. The number of carbonyl (C=O) groups is 2. The molecule has 0 unspecified atom stereocenters. The summed E-state index contributed by atoms with van der Waals surface area (Å²) in [5.74, 6) is -0.0773. The molecule has 0 N–H and O–H groups in total. The molecule has 44 heavy (non-hydrogen) atoms. The molecule has 8 nitrogen and oxygen atoms in total. The fourth-order valence-electron chi connectivity index (χ4n) is 5.76. The number of nitrogens with zero attached hydrogens (tertiary/aromatic N) is 3. The van der Waals surface area contributed by atoms with Gasteiger partial charge in [-0.05, 0) is 44.0 Å². The van der Waals surface area contributed by atoms with Crippen LogP contribution in [0.15, 0.2) is 94.2 Å². The van der Waals surface area contributed by atoms with Gasteiger partial charge in [-0.25, -0.2) is 9.79 Å². The summed E-state index contributed by atoms with van der Waals surface area (Å²) in [5, 5.41) is 0. The molecule has 2 aliphatic heterocycles. The molecular formula is C35H33N3O5S. The second-order valence-electron chi connectivity index (χ2n) is 10.5. The lowest BCUT2D eigenvalue weighted by atomic mass is 9.93. The molecule has 0 saturated heterocycles. The molecule has 0 saturated carbocycles. The molecule has 224 valence electrons. The molecule has 6 rings (SSSR count). The van der Waals surface area contributed by atoms with E-state index in [9.17, 15) is 14.4 Å². The molecule has 9 heteroatoms. The zero-order valence-electron chi connectivity index (χ0n) is 24.9. The highest BCUT2D eigenvalue weighted by atomic mass is 32.1. The molecular weight excluding hydrogens is 574 g/mol. The predicted octanol–water partition coefficient (Wildman–Crippen LogP) is 4.85. The molecule has 2 aliphatic rings. The zero-order chi connectivity index (χ0) is 30.8. The number of hydrogen-bond donors (Lipinski definition) is 0. The Morgan fingerprint density at radius 1 is 0.909 bits per heavy atom. The van der Waals surface area contributed by atoms with Gasteiger partial charge in [0.1, 0.15) is 10.3 Å². The van der Waals surface area contributed by atoms with Gasteiger partial charge in [-0.3, -0.25) is 14.2 Å². The molecule has 0 radical (unpaired) electrons. The molecule has 3 aromatic carbocycles. The van der Waals surface area contributed by atoms with Gasteiger partial charge in [0.25, 0.3) is 11.5 Å². The van der Waals surface area contributed by atoms with E-state index in [-0.39, 0.29) is 23.6 Å². The Kier molecular flexibility index (Phi) is 8.30. The monoisotopic (exact) mass is 607 g/mol. The second-order valence-corrected chi connectivity index (χ2v) is 11.4. The summed E-state index contributed by atoms with van der Waals surface area (Å²) in [6.45, 7) is 6.97. The second kappa shape index (κ2) is 12.5. The quantitative estimate of drug-likeness (QED) is 0.254. The number of benzene rings is 3. The number of hydrogen-bond acceptors (Lipinski definition) is 7. The number of esters is 1. The Hall–Kier alpha value is -4.76. The van der Waals surface area contributed by atoms with Gasteiger partial charge in [0, 0.05) is 17.7 Å². The minimum absolute atomic E-state index is 0.161. The lowest BCUT2D eigenvalue weighted by Crippen LogP contribution is -2.41. The van der Waals surface area contributed by atoms with Crippen molar-refractivity contribution in [2.75, 3.05) is 24.7 Å². The lowest BCUT2D eigenvalue weighted by Gasteiger charge is -2.26. The maximum atomic E-state index is 14.5. The first kappa shape index (κ1) is 29.3. The highest BCUT2D eigenvalue weighted by molar-refractivity contribution is 7.07. The zero-order valence-corrected chi connectivity index (χ0v) is 25.7. The Balaban J connectivity index is 1.66. The van der Waals surface area contributed by atoms with Gasteiger partial charge in [0.15, 0.2) is 4.80 Å². The minimum Gasteiger partial charge on any atom is -0.494 e. The van der Waals surface area contributed by atoms with E-state index in [0.29, 0.717) is 45.1 Å². The van der Waals surface area contributed by atoms with Crippen molar-refractivity contribution in [3.8, 4) is 5.75 Å². The van der Waals surface area contributed by atoms with E-state index in [0.717, 1.165) is 29.7 Å². The van der Waals surface area contributed by atoms with E-state index in [4.69, 9.17) is 14.5 Å². The number of unbranched alkanes of at least 4 members (excludes halogenated alkanes) is 1. The number of carbonyl (C=O) groups excluding carboxylic acids is 2. The van der Waals surface area contributed by atoms with Crippen LogP contribution < -0.4 is 24.5 Å².